The number of ether oxygens (including phenoxy) is 1. The number of methoxy groups -OCH3 is 1. The zero-order valence-electron chi connectivity index (χ0n) is 11.5. The van der Waals surface area contributed by atoms with Gasteiger partial charge in [-0.25, -0.2) is 0 Å². The van der Waals surface area contributed by atoms with Gasteiger partial charge in [-0.05, 0) is 37.5 Å². The molecular weight excluding hydrogens is 228 g/mol. The standard InChI is InChI=1S/C14H22N2O2/c1-5-14(15,6-2)13(17)16-11-8-7-10(3)9-12(11)18-4/h7-9H,5-6,15H2,1-4H3,(H,16,17). The molecule has 1 amide bonds. The molecule has 0 aliphatic carbocycles. The van der Waals surface area contributed by atoms with E-state index in [1.165, 1.54) is 0 Å². The van der Waals surface area contributed by atoms with Crippen molar-refractivity contribution in [1.29, 1.82) is 0 Å². The van der Waals surface area contributed by atoms with E-state index >= 15 is 0 Å². The monoisotopic (exact) mass is 250 g/mol. The van der Waals surface area contributed by atoms with Gasteiger partial charge in [0.2, 0.25) is 5.91 Å². The average molecular weight is 250 g/mol. The Morgan fingerprint density at radius 1 is 1.39 bits per heavy atom. The van der Waals surface area contributed by atoms with Crippen LogP contribution in [0.1, 0.15) is 32.3 Å². The Balaban J connectivity index is 2.94. The lowest BCUT2D eigenvalue weighted by molar-refractivity contribution is -0.121. The second kappa shape index (κ2) is 5.87. The number of carbonyl (C=O) groups is 1. The summed E-state index contributed by atoms with van der Waals surface area (Å²) < 4.78 is 5.25. The SMILES string of the molecule is CCC(N)(CC)C(=O)Nc1ccc(C)cc1OC. The van der Waals surface area contributed by atoms with Crippen LogP contribution in [0.25, 0.3) is 0 Å². The molecule has 0 bridgehead atoms. The van der Waals surface area contributed by atoms with E-state index in [0.717, 1.165) is 5.56 Å². The van der Waals surface area contributed by atoms with Crippen molar-refractivity contribution in [2.45, 2.75) is 39.2 Å². The van der Waals surface area contributed by atoms with Crippen LogP contribution in [-0.4, -0.2) is 18.6 Å². The molecule has 100 valence electrons. The van der Waals surface area contributed by atoms with E-state index in [1.807, 2.05) is 39.0 Å². The molecule has 4 heteroatoms. The highest BCUT2D eigenvalue weighted by molar-refractivity contribution is 5.99. The van der Waals surface area contributed by atoms with Crippen molar-refractivity contribution in [2.75, 3.05) is 12.4 Å². The summed E-state index contributed by atoms with van der Waals surface area (Å²) in [4.78, 5) is 12.2. The first-order valence-corrected chi connectivity index (χ1v) is 6.21. The zero-order valence-corrected chi connectivity index (χ0v) is 11.5. The lowest BCUT2D eigenvalue weighted by Gasteiger charge is -2.25. The van der Waals surface area contributed by atoms with Crippen LogP contribution in [0.4, 0.5) is 5.69 Å². The molecule has 0 atom stereocenters. The minimum Gasteiger partial charge on any atom is -0.495 e. The van der Waals surface area contributed by atoms with Gasteiger partial charge in [0.1, 0.15) is 5.75 Å². The van der Waals surface area contributed by atoms with Crippen LogP contribution in [0.3, 0.4) is 0 Å². The summed E-state index contributed by atoms with van der Waals surface area (Å²) in [5, 5.41) is 2.84. The second-order valence-corrected chi connectivity index (χ2v) is 4.52. The molecule has 1 aromatic rings. The maximum atomic E-state index is 12.2. The highest BCUT2D eigenvalue weighted by Gasteiger charge is 2.30. The Kier molecular flexibility index (Phi) is 4.73. The first-order chi connectivity index (χ1) is 8.46. The number of amides is 1. The first kappa shape index (κ1) is 14.5. The van der Waals surface area contributed by atoms with Crippen LogP contribution in [0, 0.1) is 6.92 Å². The summed E-state index contributed by atoms with van der Waals surface area (Å²) >= 11 is 0. The molecule has 3 N–H and O–H groups in total. The number of aryl methyl sites for hydroxylation is 1. The van der Waals surface area contributed by atoms with Crippen LogP contribution in [0.5, 0.6) is 5.75 Å². The fourth-order valence-electron chi connectivity index (χ4n) is 1.72. The molecule has 0 radical (unpaired) electrons. The van der Waals surface area contributed by atoms with E-state index in [1.54, 1.807) is 7.11 Å². The Morgan fingerprint density at radius 3 is 2.50 bits per heavy atom. The summed E-state index contributed by atoms with van der Waals surface area (Å²) in [5.41, 5.74) is 6.97. The Hall–Kier alpha value is -1.55. The fraction of sp³-hybridized carbons (Fsp3) is 0.500. The molecule has 0 aromatic heterocycles. The van der Waals surface area contributed by atoms with E-state index < -0.39 is 5.54 Å². The number of nitrogens with one attached hydrogen (secondary N) is 1. The van der Waals surface area contributed by atoms with E-state index in [9.17, 15) is 4.79 Å². The number of nitrogens with two attached hydrogens (primary N) is 1. The van der Waals surface area contributed by atoms with Gasteiger partial charge in [0.25, 0.3) is 0 Å². The number of hydrogen-bond acceptors (Lipinski definition) is 3. The molecule has 0 saturated heterocycles. The van der Waals surface area contributed by atoms with Crippen LogP contribution < -0.4 is 15.8 Å². The predicted molar refractivity (Wildman–Crippen MR) is 73.9 cm³/mol. The van der Waals surface area contributed by atoms with Gasteiger partial charge in [-0.2, -0.15) is 0 Å². The number of benzene rings is 1. The van der Waals surface area contributed by atoms with E-state index in [4.69, 9.17) is 10.5 Å². The Labute approximate surface area is 109 Å². The van der Waals surface area contributed by atoms with Gasteiger partial charge in [-0.3, -0.25) is 4.79 Å². The largest absolute Gasteiger partial charge is 0.495 e. The van der Waals surface area contributed by atoms with E-state index in [-0.39, 0.29) is 5.91 Å². The molecule has 1 aromatic carbocycles. The number of carbonyl (C=O) groups excluding carboxylic acids is 1. The smallest absolute Gasteiger partial charge is 0.244 e. The van der Waals surface area contributed by atoms with Crippen molar-refractivity contribution < 1.29 is 9.53 Å². The predicted octanol–water partition coefficient (Wildman–Crippen LogP) is 2.46. The average Bonchev–Trinajstić information content (AvgIpc) is 2.39. The number of hydrogen-bond donors (Lipinski definition) is 2. The summed E-state index contributed by atoms with van der Waals surface area (Å²) in [6.07, 6.45) is 1.20. The molecule has 0 unspecified atom stereocenters. The first-order valence-electron chi connectivity index (χ1n) is 6.21. The van der Waals surface area contributed by atoms with Gasteiger partial charge >= 0.3 is 0 Å². The maximum Gasteiger partial charge on any atom is 0.244 e. The van der Waals surface area contributed by atoms with Crippen LogP contribution in [0.15, 0.2) is 18.2 Å². The van der Waals surface area contributed by atoms with Crippen molar-refractivity contribution in [3.63, 3.8) is 0 Å². The van der Waals surface area contributed by atoms with Crippen molar-refractivity contribution in [2.24, 2.45) is 5.73 Å². The van der Waals surface area contributed by atoms with Crippen molar-refractivity contribution in [3.8, 4) is 5.75 Å². The van der Waals surface area contributed by atoms with Gasteiger partial charge < -0.3 is 15.8 Å². The third-order valence-corrected chi connectivity index (χ3v) is 3.32. The van der Waals surface area contributed by atoms with Crippen LogP contribution in [0.2, 0.25) is 0 Å². The van der Waals surface area contributed by atoms with Gasteiger partial charge in [0.05, 0.1) is 18.3 Å². The number of rotatable bonds is 5. The molecule has 1 rings (SSSR count). The molecule has 0 saturated carbocycles. The Morgan fingerprint density at radius 2 is 2.00 bits per heavy atom. The van der Waals surface area contributed by atoms with Gasteiger partial charge in [-0.15, -0.1) is 0 Å². The molecule has 0 aliphatic heterocycles. The maximum absolute atomic E-state index is 12.2. The summed E-state index contributed by atoms with van der Waals surface area (Å²) in [5.74, 6) is 0.479. The second-order valence-electron chi connectivity index (χ2n) is 4.52. The van der Waals surface area contributed by atoms with Gasteiger partial charge in [0, 0.05) is 0 Å². The molecule has 0 heterocycles. The van der Waals surface area contributed by atoms with E-state index in [2.05, 4.69) is 5.32 Å². The topological polar surface area (TPSA) is 64.4 Å². The lowest BCUT2D eigenvalue weighted by Crippen LogP contribution is -2.50. The van der Waals surface area contributed by atoms with E-state index in [0.29, 0.717) is 24.3 Å². The molecular formula is C14H22N2O2. The summed E-state index contributed by atoms with van der Waals surface area (Å²) in [7, 11) is 1.58. The zero-order chi connectivity index (χ0) is 13.8. The number of anilines is 1. The molecule has 0 spiro atoms. The van der Waals surface area contributed by atoms with Crippen molar-refractivity contribution in [3.05, 3.63) is 23.8 Å². The fourth-order valence-corrected chi connectivity index (χ4v) is 1.72. The minimum atomic E-state index is -0.824. The van der Waals surface area contributed by atoms with Crippen molar-refractivity contribution in [1.82, 2.24) is 0 Å². The highest BCUT2D eigenvalue weighted by Crippen LogP contribution is 2.26. The molecule has 4 nitrogen and oxygen atoms in total. The quantitative estimate of drug-likeness (QED) is 0.843. The van der Waals surface area contributed by atoms with Gasteiger partial charge in [-0.1, -0.05) is 19.9 Å². The molecule has 18 heavy (non-hydrogen) atoms. The van der Waals surface area contributed by atoms with Crippen LogP contribution >= 0.6 is 0 Å². The Bertz CT molecular complexity index is 426. The summed E-state index contributed by atoms with van der Waals surface area (Å²) in [6, 6.07) is 5.64. The molecule has 0 aliphatic rings. The van der Waals surface area contributed by atoms with Crippen LogP contribution in [-0.2, 0) is 4.79 Å². The van der Waals surface area contributed by atoms with Gasteiger partial charge in [0.15, 0.2) is 0 Å². The molecule has 0 fully saturated rings. The minimum absolute atomic E-state index is 0.172. The normalized spacial score (nSPS) is 11.2. The highest BCUT2D eigenvalue weighted by atomic mass is 16.5. The summed E-state index contributed by atoms with van der Waals surface area (Å²) in [6.45, 7) is 5.80. The van der Waals surface area contributed by atoms with Crippen molar-refractivity contribution >= 4 is 11.6 Å². The third-order valence-electron chi connectivity index (χ3n) is 3.32. The third kappa shape index (κ3) is 3.01. The lowest BCUT2D eigenvalue weighted by atomic mass is 9.93.